The molecule has 1 aliphatic heterocycles. The molecule has 1 saturated heterocycles. The van der Waals surface area contributed by atoms with Crippen molar-refractivity contribution in [1.82, 2.24) is 30.2 Å². The molecule has 0 bridgehead atoms. The lowest BCUT2D eigenvalue weighted by molar-refractivity contribution is -0.137. The third kappa shape index (κ3) is 6.94. The number of halogens is 4. The molecule has 4 heterocycles. The monoisotopic (exact) mass is 568 g/mol. The summed E-state index contributed by atoms with van der Waals surface area (Å²) >= 11 is 6.55. The number of rotatable bonds is 7. The van der Waals surface area contributed by atoms with Crippen molar-refractivity contribution in [2.45, 2.75) is 38.0 Å². The van der Waals surface area contributed by atoms with Crippen molar-refractivity contribution >= 4 is 46.4 Å². The summed E-state index contributed by atoms with van der Waals surface area (Å²) in [5, 5.41) is 8.28. The Morgan fingerprint density at radius 3 is 2.53 bits per heavy atom. The van der Waals surface area contributed by atoms with E-state index in [1.54, 1.807) is 13.0 Å². The van der Waals surface area contributed by atoms with E-state index in [0.29, 0.717) is 16.9 Å². The molecule has 0 saturated carbocycles. The van der Waals surface area contributed by atoms with Crippen molar-refractivity contribution in [3.05, 3.63) is 57.0 Å². The zero-order chi connectivity index (χ0) is 27.4. The molecule has 1 unspecified atom stereocenters. The molecular weight excluding hydrogens is 545 g/mol. The van der Waals surface area contributed by atoms with Crippen molar-refractivity contribution < 1.29 is 22.8 Å². The minimum absolute atomic E-state index is 0.123. The largest absolute Gasteiger partial charge is 0.418 e. The average molecular weight is 569 g/mol. The summed E-state index contributed by atoms with van der Waals surface area (Å²) < 4.78 is 39.2. The molecule has 4 rings (SSSR count). The van der Waals surface area contributed by atoms with Crippen LogP contribution in [0.4, 0.5) is 24.8 Å². The predicted octanol–water partition coefficient (Wildman–Crippen LogP) is 4.25. The first-order valence-electron chi connectivity index (χ1n) is 11.6. The first-order valence-corrected chi connectivity index (χ1v) is 12.8. The molecule has 2 amide bonds. The number of nitrogens with one attached hydrogen (secondary N) is 3. The molecule has 10 nitrogen and oxygen atoms in total. The number of alkyl halides is 3. The number of pyridine rings is 1. The van der Waals surface area contributed by atoms with Gasteiger partial charge in [0.1, 0.15) is 33.5 Å². The van der Waals surface area contributed by atoms with E-state index in [-0.39, 0.29) is 22.4 Å². The molecule has 0 radical (unpaired) electrons. The molecule has 3 N–H and O–H groups in total. The lowest BCUT2D eigenvalue weighted by atomic mass is 10.1. The SMILES string of the molecule is CC(NC(=O)c1cc(NC2CCN(C)CC2)ncn1)c1ncc(C(=O)Nc2cc(C(F)(F)F)c(Cl)cn2)s1. The Morgan fingerprint density at radius 2 is 1.82 bits per heavy atom. The minimum Gasteiger partial charge on any atom is -0.367 e. The molecule has 202 valence electrons. The molecule has 1 fully saturated rings. The highest BCUT2D eigenvalue weighted by molar-refractivity contribution is 7.13. The second kappa shape index (κ2) is 11.6. The van der Waals surface area contributed by atoms with Crippen LogP contribution in [0.5, 0.6) is 0 Å². The lowest BCUT2D eigenvalue weighted by Gasteiger charge is -2.29. The maximum Gasteiger partial charge on any atom is 0.418 e. The van der Waals surface area contributed by atoms with Gasteiger partial charge in [0.15, 0.2) is 0 Å². The van der Waals surface area contributed by atoms with Crippen molar-refractivity contribution in [3.63, 3.8) is 0 Å². The number of nitrogens with zero attached hydrogens (tertiary/aromatic N) is 5. The summed E-state index contributed by atoms with van der Waals surface area (Å²) in [6, 6.07) is 1.93. The molecule has 3 aromatic heterocycles. The molecular formula is C23H24ClF3N8O2S. The lowest BCUT2D eigenvalue weighted by Crippen LogP contribution is -2.37. The van der Waals surface area contributed by atoms with Gasteiger partial charge in [0.05, 0.1) is 22.8 Å². The van der Waals surface area contributed by atoms with Crippen LogP contribution >= 0.6 is 22.9 Å². The summed E-state index contributed by atoms with van der Waals surface area (Å²) in [5.74, 6) is -0.894. The number of carbonyl (C=O) groups is 2. The Hall–Kier alpha value is -3.36. The van der Waals surface area contributed by atoms with E-state index in [4.69, 9.17) is 11.6 Å². The van der Waals surface area contributed by atoms with Gasteiger partial charge in [-0.3, -0.25) is 9.59 Å². The number of aromatic nitrogens is 4. The zero-order valence-electron chi connectivity index (χ0n) is 20.3. The van der Waals surface area contributed by atoms with E-state index in [1.165, 1.54) is 12.5 Å². The number of anilines is 2. The van der Waals surface area contributed by atoms with Gasteiger partial charge in [-0.2, -0.15) is 13.2 Å². The number of hydrogen-bond donors (Lipinski definition) is 3. The first-order chi connectivity index (χ1) is 18.0. The van der Waals surface area contributed by atoms with Gasteiger partial charge in [-0.25, -0.2) is 19.9 Å². The smallest absolute Gasteiger partial charge is 0.367 e. The third-order valence-corrected chi connectivity index (χ3v) is 7.32. The number of amides is 2. The fraction of sp³-hybridized carbons (Fsp3) is 0.391. The van der Waals surface area contributed by atoms with Crippen molar-refractivity contribution in [1.29, 1.82) is 0 Å². The topological polar surface area (TPSA) is 125 Å². The number of carbonyl (C=O) groups excluding carboxylic acids is 2. The van der Waals surface area contributed by atoms with Crippen LogP contribution in [-0.4, -0.2) is 62.8 Å². The summed E-state index contributed by atoms with van der Waals surface area (Å²) in [5.41, 5.74) is -0.939. The molecule has 1 atom stereocenters. The molecule has 3 aromatic rings. The summed E-state index contributed by atoms with van der Waals surface area (Å²) in [6.45, 7) is 3.64. The van der Waals surface area contributed by atoms with Crippen LogP contribution in [0.15, 0.2) is 30.9 Å². The highest BCUT2D eigenvalue weighted by Crippen LogP contribution is 2.35. The fourth-order valence-electron chi connectivity index (χ4n) is 3.75. The van der Waals surface area contributed by atoms with Gasteiger partial charge in [-0.05, 0) is 46.0 Å². The number of likely N-dealkylation sites (tertiary alicyclic amines) is 1. The summed E-state index contributed by atoms with van der Waals surface area (Å²) in [6.07, 6.45) is 0.646. The third-order valence-electron chi connectivity index (χ3n) is 5.84. The van der Waals surface area contributed by atoms with Crippen LogP contribution in [0.3, 0.4) is 0 Å². The summed E-state index contributed by atoms with van der Waals surface area (Å²) in [7, 11) is 2.08. The fourth-order valence-corrected chi connectivity index (χ4v) is 4.78. The molecule has 1 aliphatic rings. The number of piperidine rings is 1. The molecule has 0 aliphatic carbocycles. The van der Waals surface area contributed by atoms with E-state index >= 15 is 0 Å². The van der Waals surface area contributed by atoms with Crippen LogP contribution in [0.25, 0.3) is 0 Å². The standard InChI is InChI=1S/C23H24ClF3N8O2S/c1-12(32-20(36)16-8-19(31-11-30-16)33-13-3-5-35(2)6-4-13)22-29-10-17(38-22)21(37)34-18-7-14(23(25,26)27)15(24)9-28-18/h7-13H,3-6H2,1-2H3,(H,32,36)(H,28,34,37)(H,30,31,33). The van der Waals surface area contributed by atoms with Gasteiger partial charge in [0.25, 0.3) is 11.8 Å². The van der Waals surface area contributed by atoms with E-state index in [9.17, 15) is 22.8 Å². The first kappa shape index (κ1) is 27.7. The highest BCUT2D eigenvalue weighted by Gasteiger charge is 2.34. The van der Waals surface area contributed by atoms with Gasteiger partial charge in [-0.15, -0.1) is 11.3 Å². The second-order valence-electron chi connectivity index (χ2n) is 8.77. The van der Waals surface area contributed by atoms with Crippen LogP contribution in [0, 0.1) is 0 Å². The quantitative estimate of drug-likeness (QED) is 0.386. The van der Waals surface area contributed by atoms with Crippen molar-refractivity contribution in [2.75, 3.05) is 30.8 Å². The van der Waals surface area contributed by atoms with E-state index in [1.807, 2.05) is 0 Å². The highest BCUT2D eigenvalue weighted by atomic mass is 35.5. The molecule has 38 heavy (non-hydrogen) atoms. The van der Waals surface area contributed by atoms with Crippen LogP contribution in [0.1, 0.15) is 56.5 Å². The van der Waals surface area contributed by atoms with Gasteiger partial charge in [-0.1, -0.05) is 11.6 Å². The zero-order valence-corrected chi connectivity index (χ0v) is 21.9. The Bertz CT molecular complexity index is 1310. The van der Waals surface area contributed by atoms with Crippen LogP contribution in [0.2, 0.25) is 5.02 Å². The van der Waals surface area contributed by atoms with Gasteiger partial charge in [0.2, 0.25) is 0 Å². The maximum absolute atomic E-state index is 13.1. The molecule has 15 heteroatoms. The maximum atomic E-state index is 13.1. The second-order valence-corrected chi connectivity index (χ2v) is 10.2. The molecule has 0 spiro atoms. The van der Waals surface area contributed by atoms with E-state index < -0.39 is 34.6 Å². The summed E-state index contributed by atoms with van der Waals surface area (Å²) in [4.78, 5) is 43.9. The van der Waals surface area contributed by atoms with Crippen LogP contribution in [-0.2, 0) is 6.18 Å². The Morgan fingerprint density at radius 1 is 1.08 bits per heavy atom. The minimum atomic E-state index is -4.70. The van der Waals surface area contributed by atoms with Gasteiger partial charge < -0.3 is 20.9 Å². The Balaban J connectivity index is 1.36. The van der Waals surface area contributed by atoms with Gasteiger partial charge >= 0.3 is 6.18 Å². The van der Waals surface area contributed by atoms with Crippen molar-refractivity contribution in [3.8, 4) is 0 Å². The van der Waals surface area contributed by atoms with E-state index in [2.05, 4.69) is 47.8 Å². The van der Waals surface area contributed by atoms with Crippen molar-refractivity contribution in [2.24, 2.45) is 0 Å². The van der Waals surface area contributed by atoms with E-state index in [0.717, 1.165) is 43.5 Å². The molecule has 0 aromatic carbocycles. The Labute approximate surface area is 225 Å². The van der Waals surface area contributed by atoms with Gasteiger partial charge in [0, 0.05) is 18.3 Å². The average Bonchev–Trinajstić information content (AvgIpc) is 3.37. The van der Waals surface area contributed by atoms with Crippen LogP contribution < -0.4 is 16.0 Å². The Kier molecular flexibility index (Phi) is 8.43. The number of thiazole rings is 1. The number of hydrogen-bond acceptors (Lipinski definition) is 9. The normalized spacial score (nSPS) is 15.6. The predicted molar refractivity (Wildman–Crippen MR) is 136 cm³/mol.